The number of fused-ring (bicyclic) bond motifs is 1. The fourth-order valence-electron chi connectivity index (χ4n) is 4.49. The van der Waals surface area contributed by atoms with Crippen LogP contribution in [0, 0.1) is 0 Å². The van der Waals surface area contributed by atoms with E-state index in [9.17, 15) is 22.8 Å². The van der Waals surface area contributed by atoms with E-state index in [-0.39, 0.29) is 10.9 Å². The number of morpholine rings is 1. The number of aryl methyl sites for hydroxylation is 1. The average Bonchev–Trinajstić information content (AvgIpc) is 3.51. The number of nitrogens with zero attached hydrogens (tertiary/aromatic N) is 5. The lowest BCUT2D eigenvalue weighted by molar-refractivity contribution is -0.136. The van der Waals surface area contributed by atoms with Crippen molar-refractivity contribution in [3.8, 4) is 11.4 Å². The Hall–Kier alpha value is -3.26. The Bertz CT molecular complexity index is 1540. The van der Waals surface area contributed by atoms with Crippen molar-refractivity contribution >= 4 is 44.7 Å². The minimum absolute atomic E-state index is 0.195. The van der Waals surface area contributed by atoms with Gasteiger partial charge in [0.2, 0.25) is 5.91 Å². The maximum absolute atomic E-state index is 13.7. The van der Waals surface area contributed by atoms with E-state index in [1.807, 2.05) is 0 Å². The number of halogens is 4. The van der Waals surface area contributed by atoms with Gasteiger partial charge in [0.1, 0.15) is 17.9 Å². The highest BCUT2D eigenvalue weighted by Gasteiger charge is 2.34. The van der Waals surface area contributed by atoms with Gasteiger partial charge in [0.25, 0.3) is 5.56 Å². The number of amides is 1. The predicted octanol–water partition coefficient (Wildman–Crippen LogP) is 4.35. The zero-order valence-electron chi connectivity index (χ0n) is 20.6. The van der Waals surface area contributed by atoms with E-state index in [4.69, 9.17) is 16.3 Å². The maximum Gasteiger partial charge on any atom is 0.418 e. The molecule has 1 aromatic carbocycles. The Morgan fingerprint density at radius 3 is 2.72 bits per heavy atom. The fourth-order valence-corrected chi connectivity index (χ4v) is 5.69. The molecule has 4 aromatic rings. The summed E-state index contributed by atoms with van der Waals surface area (Å²) in [6.45, 7) is 4.19. The molecule has 0 atom stereocenters. The molecule has 1 saturated heterocycles. The van der Waals surface area contributed by atoms with Crippen LogP contribution in [0.1, 0.15) is 12.0 Å². The number of para-hydroxylation sites is 1. The molecule has 5 rings (SSSR count). The highest BCUT2D eigenvalue weighted by Crippen LogP contribution is 2.39. The molecule has 0 aliphatic carbocycles. The number of carbonyl (C=O) groups excluding carboxylic acids is 1. The van der Waals surface area contributed by atoms with Crippen LogP contribution in [0.15, 0.2) is 46.8 Å². The van der Waals surface area contributed by atoms with Gasteiger partial charge in [0.05, 0.1) is 34.9 Å². The fraction of sp³-hybridized carbons (Fsp3) is 0.360. The van der Waals surface area contributed by atoms with Gasteiger partial charge in [-0.1, -0.05) is 23.7 Å². The largest absolute Gasteiger partial charge is 0.418 e. The normalized spacial score (nSPS) is 14.7. The molecule has 1 amide bonds. The quantitative estimate of drug-likeness (QED) is 0.333. The third-order valence-electron chi connectivity index (χ3n) is 6.34. The second-order valence-corrected chi connectivity index (χ2v) is 10.3. The summed E-state index contributed by atoms with van der Waals surface area (Å²) in [4.78, 5) is 32.2. The van der Waals surface area contributed by atoms with E-state index in [0.29, 0.717) is 28.0 Å². The Morgan fingerprint density at radius 2 is 1.95 bits per heavy atom. The number of alkyl halides is 3. The summed E-state index contributed by atoms with van der Waals surface area (Å²) in [6, 6.07) is 6.05. The molecule has 1 N–H and O–H groups in total. The van der Waals surface area contributed by atoms with Crippen molar-refractivity contribution in [1.82, 2.24) is 24.2 Å². The number of carbonyl (C=O) groups is 1. The molecule has 14 heteroatoms. The van der Waals surface area contributed by atoms with Crippen molar-refractivity contribution in [3.05, 3.63) is 63.0 Å². The van der Waals surface area contributed by atoms with E-state index < -0.39 is 29.8 Å². The lowest BCUT2D eigenvalue weighted by Crippen LogP contribution is -2.37. The van der Waals surface area contributed by atoms with E-state index in [0.717, 1.165) is 67.3 Å². The molecule has 1 aliphatic heterocycles. The number of nitrogens with one attached hydrogen (secondary N) is 1. The number of benzene rings is 1. The van der Waals surface area contributed by atoms with E-state index in [1.165, 1.54) is 18.2 Å². The number of ether oxygens (including phenoxy) is 1. The highest BCUT2D eigenvalue weighted by atomic mass is 35.5. The molecule has 0 bridgehead atoms. The molecule has 0 spiro atoms. The van der Waals surface area contributed by atoms with Crippen molar-refractivity contribution < 1.29 is 22.7 Å². The van der Waals surface area contributed by atoms with Crippen LogP contribution in [0.3, 0.4) is 0 Å². The zero-order valence-corrected chi connectivity index (χ0v) is 22.2. The summed E-state index contributed by atoms with van der Waals surface area (Å²) in [7, 11) is 0. The number of aromatic nitrogens is 4. The van der Waals surface area contributed by atoms with Crippen LogP contribution >= 0.6 is 22.9 Å². The molecular weight excluding hydrogens is 557 g/mol. The summed E-state index contributed by atoms with van der Waals surface area (Å²) < 4.78 is 48.9. The van der Waals surface area contributed by atoms with Crippen LogP contribution in [-0.2, 0) is 28.8 Å². The smallest absolute Gasteiger partial charge is 0.379 e. The maximum atomic E-state index is 13.7. The molecule has 206 valence electrons. The topological polar surface area (TPSA) is 94.3 Å². The number of rotatable bonds is 8. The van der Waals surface area contributed by atoms with E-state index in [2.05, 4.69) is 20.3 Å². The average molecular weight is 581 g/mol. The summed E-state index contributed by atoms with van der Waals surface area (Å²) in [5.41, 5.74) is -1.66. The van der Waals surface area contributed by atoms with Gasteiger partial charge >= 0.3 is 6.18 Å². The molecule has 0 saturated carbocycles. The van der Waals surface area contributed by atoms with Crippen molar-refractivity contribution in [3.63, 3.8) is 0 Å². The van der Waals surface area contributed by atoms with Crippen LogP contribution < -0.4 is 10.9 Å². The van der Waals surface area contributed by atoms with Crippen molar-refractivity contribution in [2.75, 3.05) is 38.2 Å². The second kappa shape index (κ2) is 11.5. The first-order chi connectivity index (χ1) is 18.7. The van der Waals surface area contributed by atoms with Crippen molar-refractivity contribution in [1.29, 1.82) is 0 Å². The molecule has 39 heavy (non-hydrogen) atoms. The Balaban J connectivity index is 1.32. The SMILES string of the molecule is O=C(Cn1c(=O)ccc2cccc(C(F)(F)F)c21)Nc1scc(Cl)c1-c1ncn(CCCN2CCOCC2)n1. The van der Waals surface area contributed by atoms with Gasteiger partial charge in [-0.25, -0.2) is 4.98 Å². The number of hydrogen-bond donors (Lipinski definition) is 1. The van der Waals surface area contributed by atoms with Gasteiger partial charge in [-0.2, -0.15) is 18.3 Å². The van der Waals surface area contributed by atoms with Crippen molar-refractivity contribution in [2.45, 2.75) is 25.7 Å². The van der Waals surface area contributed by atoms with Crippen LogP contribution in [0.5, 0.6) is 0 Å². The van der Waals surface area contributed by atoms with Crippen LogP contribution in [0.4, 0.5) is 18.2 Å². The lowest BCUT2D eigenvalue weighted by atomic mass is 10.1. The highest BCUT2D eigenvalue weighted by molar-refractivity contribution is 7.15. The minimum atomic E-state index is -4.70. The van der Waals surface area contributed by atoms with Crippen LogP contribution in [-0.4, -0.2) is 63.0 Å². The number of hydrogen-bond acceptors (Lipinski definition) is 7. The minimum Gasteiger partial charge on any atom is -0.379 e. The molecule has 0 unspecified atom stereocenters. The molecule has 0 radical (unpaired) electrons. The van der Waals surface area contributed by atoms with Gasteiger partial charge in [0, 0.05) is 37.6 Å². The predicted molar refractivity (Wildman–Crippen MR) is 142 cm³/mol. The van der Waals surface area contributed by atoms with E-state index in [1.54, 1.807) is 16.4 Å². The van der Waals surface area contributed by atoms with Crippen LogP contribution in [0.2, 0.25) is 5.02 Å². The van der Waals surface area contributed by atoms with Gasteiger partial charge in [-0.05, 0) is 23.9 Å². The molecule has 1 fully saturated rings. The first-order valence-electron chi connectivity index (χ1n) is 12.2. The Morgan fingerprint density at radius 1 is 1.15 bits per heavy atom. The standard InChI is InChI=1S/C25H24ClF3N6O3S/c26-18-14-39-24(21(18)23-30-15-34(32-23)8-2-7-33-9-11-38-12-10-33)31-19(36)13-35-20(37)6-5-16-3-1-4-17(22(16)35)25(27,28)29/h1,3-6,14-15H,2,7-13H2,(H,31,36). The Kier molecular flexibility index (Phi) is 8.03. The molecule has 9 nitrogen and oxygen atoms in total. The van der Waals surface area contributed by atoms with Crippen LogP contribution in [0.25, 0.3) is 22.3 Å². The molecule has 1 aliphatic rings. The third-order valence-corrected chi connectivity index (χ3v) is 7.66. The lowest BCUT2D eigenvalue weighted by Gasteiger charge is -2.26. The Labute approximate surface area is 229 Å². The first kappa shape index (κ1) is 27.3. The monoisotopic (exact) mass is 580 g/mol. The number of anilines is 1. The second-order valence-electron chi connectivity index (χ2n) is 8.97. The third kappa shape index (κ3) is 6.16. The number of thiophene rings is 1. The first-order valence-corrected chi connectivity index (χ1v) is 13.4. The summed E-state index contributed by atoms with van der Waals surface area (Å²) in [5, 5.41) is 9.62. The van der Waals surface area contributed by atoms with E-state index >= 15 is 0 Å². The van der Waals surface area contributed by atoms with Gasteiger partial charge < -0.3 is 10.1 Å². The summed E-state index contributed by atoms with van der Waals surface area (Å²) >= 11 is 7.52. The summed E-state index contributed by atoms with van der Waals surface area (Å²) in [6.07, 6.45) is -2.25. The van der Waals surface area contributed by atoms with Gasteiger partial charge in [-0.15, -0.1) is 11.3 Å². The van der Waals surface area contributed by atoms with Crippen molar-refractivity contribution in [2.24, 2.45) is 0 Å². The zero-order chi connectivity index (χ0) is 27.6. The molecule has 3 aromatic heterocycles. The number of pyridine rings is 1. The summed E-state index contributed by atoms with van der Waals surface area (Å²) in [5.74, 6) is -0.379. The van der Waals surface area contributed by atoms with Gasteiger partial charge in [-0.3, -0.25) is 23.7 Å². The molecule has 4 heterocycles. The van der Waals surface area contributed by atoms with Gasteiger partial charge in [0.15, 0.2) is 5.82 Å². The molecular formula is C25H24ClF3N6O3S.